The van der Waals surface area contributed by atoms with Gasteiger partial charge in [0.2, 0.25) is 0 Å². The summed E-state index contributed by atoms with van der Waals surface area (Å²) in [6.45, 7) is 0. The van der Waals surface area contributed by atoms with Crippen molar-refractivity contribution in [1.82, 2.24) is 4.98 Å². The molecule has 0 fully saturated rings. The van der Waals surface area contributed by atoms with E-state index >= 15 is 0 Å². The van der Waals surface area contributed by atoms with Crippen LogP contribution in [-0.4, -0.2) is 23.8 Å². The minimum absolute atomic E-state index is 0. The Kier molecular flexibility index (Phi) is 3.55. The Balaban J connectivity index is 0.000000250. The number of nitrogens with zero attached hydrogens (tertiary/aromatic N) is 1. The molecule has 0 radical (unpaired) electrons. The van der Waals surface area contributed by atoms with Gasteiger partial charge in [-0.25, -0.2) is 0 Å². The Hall–Kier alpha value is 0.227. The van der Waals surface area contributed by atoms with Crippen molar-refractivity contribution in [3.8, 4) is 0 Å². The molecule has 0 aliphatic heterocycles. The van der Waals surface area contributed by atoms with Crippen LogP contribution >= 0.6 is 11.3 Å². The van der Waals surface area contributed by atoms with E-state index in [2.05, 4.69) is 4.98 Å². The Morgan fingerprint density at radius 3 is 2.50 bits per heavy atom. The quantitative estimate of drug-likeness (QED) is 0.425. The Bertz CT molecular complexity index is 67.3. The third-order valence-corrected chi connectivity index (χ3v) is 0.869. The zero-order chi connectivity index (χ0) is 3.54. The second kappa shape index (κ2) is 3.42. The molecule has 1 rings (SSSR count). The second-order valence-corrected chi connectivity index (χ2v) is 1.43. The van der Waals surface area contributed by atoms with E-state index in [1.165, 1.54) is 0 Å². The first-order valence-electron chi connectivity index (χ1n) is 1.32. The Morgan fingerprint density at radius 2 is 2.33 bits per heavy atom. The molecule has 0 aromatic carbocycles. The summed E-state index contributed by atoms with van der Waals surface area (Å²) in [7, 11) is 0. The Morgan fingerprint density at radius 1 is 1.50 bits per heavy atom. The summed E-state index contributed by atoms with van der Waals surface area (Å²) in [4.78, 5) is 3.74. The second-order valence-electron chi connectivity index (χ2n) is 0.676. The van der Waals surface area contributed by atoms with Crippen molar-refractivity contribution < 1.29 is 0 Å². The largest absolute Gasteiger partial charge is 0.253 e. The molecule has 0 amide bonds. The third kappa shape index (κ3) is 1.61. The molecule has 3 heteroatoms. The number of hydrogen-bond donors (Lipinski definition) is 0. The van der Waals surface area contributed by atoms with Crippen LogP contribution in [0, 0.1) is 0 Å². The summed E-state index contributed by atoms with van der Waals surface area (Å²) in [5.74, 6) is 0. The maximum absolute atomic E-state index is 3.74. The smallest absolute Gasteiger partial charge is 0.0791 e. The molecule has 0 spiro atoms. The van der Waals surface area contributed by atoms with Gasteiger partial charge in [0, 0.05) is 11.6 Å². The van der Waals surface area contributed by atoms with Crippen LogP contribution in [0.25, 0.3) is 0 Å². The van der Waals surface area contributed by atoms with Gasteiger partial charge in [0.15, 0.2) is 0 Å². The molecular formula is C3H4LiNS. The molecule has 6 heavy (non-hydrogen) atoms. The number of aromatic nitrogens is 1. The standard InChI is InChI=1S/C3H3NS.Li.H/c1-2-5-3-4-1;;/h1-3H;;. The molecule has 1 nitrogen and oxygen atoms in total. The van der Waals surface area contributed by atoms with Gasteiger partial charge in [-0.1, -0.05) is 0 Å². The van der Waals surface area contributed by atoms with E-state index in [0.717, 1.165) is 0 Å². The molecule has 1 aromatic heterocycles. The average Bonchev–Trinajstić information content (AvgIpc) is 1.76. The summed E-state index contributed by atoms with van der Waals surface area (Å²) >= 11 is 1.60. The fourth-order valence-electron chi connectivity index (χ4n) is 0.176. The van der Waals surface area contributed by atoms with Gasteiger partial charge in [-0.15, -0.1) is 11.3 Å². The van der Waals surface area contributed by atoms with Crippen LogP contribution < -0.4 is 0 Å². The molecule has 1 aromatic rings. The molecule has 0 aliphatic carbocycles. The van der Waals surface area contributed by atoms with Gasteiger partial charge in [0.25, 0.3) is 0 Å². The fourth-order valence-corrected chi connectivity index (χ4v) is 0.527. The van der Waals surface area contributed by atoms with Gasteiger partial charge in [0.05, 0.1) is 5.51 Å². The Labute approximate surface area is 52.6 Å². The van der Waals surface area contributed by atoms with E-state index in [9.17, 15) is 0 Å². The minimum Gasteiger partial charge on any atom is -0.253 e. The van der Waals surface area contributed by atoms with Crippen LogP contribution in [-0.2, 0) is 0 Å². The predicted octanol–water partition coefficient (Wildman–Crippen LogP) is 0.495. The zero-order valence-corrected chi connectivity index (χ0v) is 3.40. The monoisotopic (exact) mass is 93.0 g/mol. The van der Waals surface area contributed by atoms with E-state index in [1.54, 1.807) is 23.0 Å². The van der Waals surface area contributed by atoms with Crippen LogP contribution in [0.15, 0.2) is 17.1 Å². The summed E-state index contributed by atoms with van der Waals surface area (Å²) in [5.41, 5.74) is 1.79. The maximum atomic E-state index is 3.74. The topological polar surface area (TPSA) is 12.9 Å². The number of rotatable bonds is 0. The first-order valence-corrected chi connectivity index (χ1v) is 2.26. The van der Waals surface area contributed by atoms with Crippen LogP contribution in [0.4, 0.5) is 0 Å². The van der Waals surface area contributed by atoms with E-state index in [0.29, 0.717) is 0 Å². The summed E-state index contributed by atoms with van der Waals surface area (Å²) in [5, 5.41) is 1.93. The van der Waals surface area contributed by atoms with Crippen molar-refractivity contribution in [2.75, 3.05) is 0 Å². The average molecular weight is 93.1 g/mol. The minimum atomic E-state index is 0. The zero-order valence-electron chi connectivity index (χ0n) is 2.59. The molecule has 0 aliphatic rings. The molecule has 0 saturated heterocycles. The van der Waals surface area contributed by atoms with Crippen LogP contribution in [0.3, 0.4) is 0 Å². The van der Waals surface area contributed by atoms with Gasteiger partial charge in [-0.2, -0.15) is 0 Å². The first-order chi connectivity index (χ1) is 2.50. The van der Waals surface area contributed by atoms with E-state index in [-0.39, 0.29) is 18.9 Å². The summed E-state index contributed by atoms with van der Waals surface area (Å²) in [6.07, 6.45) is 1.77. The molecule has 0 atom stereocenters. The van der Waals surface area contributed by atoms with Crippen molar-refractivity contribution in [2.24, 2.45) is 0 Å². The fraction of sp³-hybridized carbons (Fsp3) is 0. The van der Waals surface area contributed by atoms with Crippen molar-refractivity contribution in [1.29, 1.82) is 0 Å². The maximum Gasteiger partial charge on any atom is 0.0791 e. The summed E-state index contributed by atoms with van der Waals surface area (Å²) < 4.78 is 0. The first kappa shape index (κ1) is 6.23. The van der Waals surface area contributed by atoms with Crippen LogP contribution in [0.1, 0.15) is 0 Å². The normalized spacial score (nSPS) is 6.67. The van der Waals surface area contributed by atoms with Gasteiger partial charge in [0.1, 0.15) is 0 Å². The van der Waals surface area contributed by atoms with Crippen molar-refractivity contribution in [3.63, 3.8) is 0 Å². The van der Waals surface area contributed by atoms with E-state index in [4.69, 9.17) is 0 Å². The van der Waals surface area contributed by atoms with Crippen molar-refractivity contribution >= 4 is 30.2 Å². The molecule has 0 bridgehead atoms. The van der Waals surface area contributed by atoms with Gasteiger partial charge in [-0.05, 0) is 0 Å². The third-order valence-electron chi connectivity index (χ3n) is 0.347. The number of hydrogen-bond acceptors (Lipinski definition) is 2. The van der Waals surface area contributed by atoms with Crippen LogP contribution in [0.2, 0.25) is 0 Å². The molecule has 28 valence electrons. The summed E-state index contributed by atoms with van der Waals surface area (Å²) in [6, 6.07) is 0. The SMILES string of the molecule is [LiH].c1cscn1. The van der Waals surface area contributed by atoms with E-state index in [1.807, 2.05) is 5.38 Å². The molecule has 0 unspecified atom stereocenters. The number of thiazole rings is 1. The van der Waals surface area contributed by atoms with Crippen molar-refractivity contribution in [3.05, 3.63) is 17.1 Å². The van der Waals surface area contributed by atoms with Gasteiger partial charge >= 0.3 is 18.9 Å². The molecular weight excluding hydrogens is 89.0 g/mol. The van der Waals surface area contributed by atoms with E-state index < -0.39 is 0 Å². The molecule has 0 N–H and O–H groups in total. The molecule has 1 heterocycles. The van der Waals surface area contributed by atoms with Crippen LogP contribution in [0.5, 0.6) is 0 Å². The van der Waals surface area contributed by atoms with Gasteiger partial charge in [-0.3, -0.25) is 4.98 Å². The van der Waals surface area contributed by atoms with Crippen molar-refractivity contribution in [2.45, 2.75) is 0 Å². The van der Waals surface area contributed by atoms with Gasteiger partial charge < -0.3 is 0 Å². The molecule has 0 saturated carbocycles. The predicted molar refractivity (Wildman–Crippen MR) is 29.3 cm³/mol.